The molecule has 0 atom stereocenters. The van der Waals surface area contributed by atoms with Gasteiger partial charge in [0.1, 0.15) is 0 Å². The molecule has 1 fully saturated rings. The highest BCUT2D eigenvalue weighted by atomic mass is 32.2. The maximum absolute atomic E-state index is 12.8. The molecule has 0 radical (unpaired) electrons. The number of benzene rings is 1. The molecule has 1 aromatic heterocycles. The number of anilines is 1. The molecule has 0 bridgehead atoms. The molecule has 0 spiro atoms. The molecule has 132 valence electrons. The zero-order chi connectivity index (χ0) is 18.0. The van der Waals surface area contributed by atoms with E-state index in [9.17, 15) is 13.2 Å². The van der Waals surface area contributed by atoms with E-state index < -0.39 is 9.84 Å². The average molecular weight is 360 g/mol. The van der Waals surface area contributed by atoms with Crippen LogP contribution >= 0.6 is 0 Å². The standard InChI is InChI=1S/C17H20N4O3S/c1-13-4-5-14(25(2,23)24)12-15(13)16(22)20-8-10-21(11-9-20)17-18-6-3-7-19-17/h3-7,12H,8-11H2,1-2H3. The van der Waals surface area contributed by atoms with Crippen molar-refractivity contribution in [3.63, 3.8) is 0 Å². The van der Waals surface area contributed by atoms with Crippen LogP contribution in [0.3, 0.4) is 0 Å². The first-order valence-corrected chi connectivity index (χ1v) is 9.87. The Morgan fingerprint density at radius 3 is 2.32 bits per heavy atom. The number of nitrogens with zero attached hydrogens (tertiary/aromatic N) is 4. The third-order valence-electron chi connectivity index (χ3n) is 4.27. The van der Waals surface area contributed by atoms with E-state index in [1.165, 1.54) is 12.1 Å². The molecule has 1 aliphatic heterocycles. The molecular formula is C17H20N4O3S. The molecule has 0 N–H and O–H groups in total. The van der Waals surface area contributed by atoms with Gasteiger partial charge in [0, 0.05) is 50.4 Å². The van der Waals surface area contributed by atoms with Crippen LogP contribution in [0.25, 0.3) is 0 Å². The van der Waals surface area contributed by atoms with E-state index in [1.807, 2.05) is 11.8 Å². The Kier molecular flexibility index (Phi) is 4.71. The lowest BCUT2D eigenvalue weighted by Crippen LogP contribution is -2.49. The molecule has 1 saturated heterocycles. The molecule has 1 amide bonds. The van der Waals surface area contributed by atoms with Crippen LogP contribution in [0.15, 0.2) is 41.6 Å². The number of amides is 1. The molecule has 7 nitrogen and oxygen atoms in total. The molecule has 25 heavy (non-hydrogen) atoms. The normalized spacial score (nSPS) is 15.3. The fourth-order valence-corrected chi connectivity index (χ4v) is 3.44. The zero-order valence-electron chi connectivity index (χ0n) is 14.2. The van der Waals surface area contributed by atoms with Gasteiger partial charge in [-0.05, 0) is 30.7 Å². The smallest absolute Gasteiger partial charge is 0.254 e. The van der Waals surface area contributed by atoms with Crippen molar-refractivity contribution in [2.24, 2.45) is 0 Å². The largest absolute Gasteiger partial charge is 0.337 e. The first-order chi connectivity index (χ1) is 11.9. The third kappa shape index (κ3) is 3.79. The Morgan fingerprint density at radius 2 is 1.72 bits per heavy atom. The maximum Gasteiger partial charge on any atom is 0.254 e. The van der Waals surface area contributed by atoms with E-state index in [0.29, 0.717) is 37.7 Å². The molecule has 8 heteroatoms. The van der Waals surface area contributed by atoms with Gasteiger partial charge in [0.15, 0.2) is 9.84 Å². The number of carbonyl (C=O) groups is 1. The number of aromatic nitrogens is 2. The van der Waals surface area contributed by atoms with Crippen LogP contribution in [0.1, 0.15) is 15.9 Å². The van der Waals surface area contributed by atoms with Gasteiger partial charge in [-0.25, -0.2) is 18.4 Å². The van der Waals surface area contributed by atoms with Crippen LogP contribution < -0.4 is 4.90 Å². The number of sulfone groups is 1. The van der Waals surface area contributed by atoms with Gasteiger partial charge in [-0.1, -0.05) is 6.07 Å². The van der Waals surface area contributed by atoms with Crippen molar-refractivity contribution >= 4 is 21.7 Å². The fraction of sp³-hybridized carbons (Fsp3) is 0.353. The quantitative estimate of drug-likeness (QED) is 0.816. The molecule has 0 unspecified atom stereocenters. The topological polar surface area (TPSA) is 83.5 Å². The van der Waals surface area contributed by atoms with E-state index in [-0.39, 0.29) is 10.8 Å². The lowest BCUT2D eigenvalue weighted by Gasteiger charge is -2.35. The number of aryl methyl sites for hydroxylation is 1. The van der Waals surface area contributed by atoms with Crippen LogP contribution in [0.5, 0.6) is 0 Å². The molecule has 0 aliphatic carbocycles. The average Bonchev–Trinajstić information content (AvgIpc) is 2.61. The van der Waals surface area contributed by atoms with Crippen molar-refractivity contribution in [2.45, 2.75) is 11.8 Å². The van der Waals surface area contributed by atoms with Crippen LogP contribution in [0.4, 0.5) is 5.95 Å². The van der Waals surface area contributed by atoms with Gasteiger partial charge in [0.2, 0.25) is 5.95 Å². The Hall–Kier alpha value is -2.48. The number of piperazine rings is 1. The van der Waals surface area contributed by atoms with Crippen LogP contribution in [0.2, 0.25) is 0 Å². The van der Waals surface area contributed by atoms with Gasteiger partial charge in [0.05, 0.1) is 4.90 Å². The summed E-state index contributed by atoms with van der Waals surface area (Å²) in [6.45, 7) is 4.17. The summed E-state index contributed by atoms with van der Waals surface area (Å²) in [5.74, 6) is 0.515. The highest BCUT2D eigenvalue weighted by Crippen LogP contribution is 2.19. The van der Waals surface area contributed by atoms with Crippen LogP contribution in [-0.2, 0) is 9.84 Å². The maximum atomic E-state index is 12.8. The predicted molar refractivity (Wildman–Crippen MR) is 94.4 cm³/mol. The number of hydrogen-bond acceptors (Lipinski definition) is 6. The SMILES string of the molecule is Cc1ccc(S(C)(=O)=O)cc1C(=O)N1CCN(c2ncccn2)CC1. The second-order valence-electron chi connectivity index (χ2n) is 6.08. The lowest BCUT2D eigenvalue weighted by molar-refractivity contribution is 0.0745. The number of carbonyl (C=O) groups excluding carboxylic acids is 1. The number of rotatable bonds is 3. The first-order valence-electron chi connectivity index (χ1n) is 7.98. The van der Waals surface area contributed by atoms with Crippen LogP contribution in [-0.4, -0.2) is 61.6 Å². The summed E-state index contributed by atoms with van der Waals surface area (Å²) in [5, 5.41) is 0. The minimum Gasteiger partial charge on any atom is -0.337 e. The third-order valence-corrected chi connectivity index (χ3v) is 5.38. The molecular weight excluding hydrogens is 340 g/mol. The van der Waals surface area contributed by atoms with E-state index in [1.54, 1.807) is 29.4 Å². The van der Waals surface area contributed by atoms with Gasteiger partial charge in [-0.15, -0.1) is 0 Å². The minimum absolute atomic E-state index is 0.142. The molecule has 2 aromatic rings. The summed E-state index contributed by atoms with van der Waals surface area (Å²) >= 11 is 0. The summed E-state index contributed by atoms with van der Waals surface area (Å²) in [5.41, 5.74) is 1.21. The lowest BCUT2D eigenvalue weighted by atomic mass is 10.1. The second-order valence-corrected chi connectivity index (χ2v) is 8.09. The molecule has 2 heterocycles. The van der Waals surface area contributed by atoms with Crippen molar-refractivity contribution in [1.29, 1.82) is 0 Å². The zero-order valence-corrected chi connectivity index (χ0v) is 15.0. The van der Waals surface area contributed by atoms with Crippen molar-refractivity contribution < 1.29 is 13.2 Å². The van der Waals surface area contributed by atoms with Gasteiger partial charge in [0.25, 0.3) is 5.91 Å². The second kappa shape index (κ2) is 6.79. The summed E-state index contributed by atoms with van der Waals surface area (Å²) < 4.78 is 23.5. The molecule has 1 aromatic carbocycles. The number of hydrogen-bond donors (Lipinski definition) is 0. The molecule has 0 saturated carbocycles. The van der Waals surface area contributed by atoms with Gasteiger partial charge in [-0.3, -0.25) is 4.79 Å². The highest BCUT2D eigenvalue weighted by molar-refractivity contribution is 7.90. The Balaban J connectivity index is 1.75. The Bertz CT molecular complexity index is 876. The van der Waals surface area contributed by atoms with Gasteiger partial charge in [-0.2, -0.15) is 0 Å². The summed E-state index contributed by atoms with van der Waals surface area (Å²) in [7, 11) is -3.35. The highest BCUT2D eigenvalue weighted by Gasteiger charge is 2.25. The van der Waals surface area contributed by atoms with Crippen molar-refractivity contribution in [3.8, 4) is 0 Å². The van der Waals surface area contributed by atoms with Crippen molar-refractivity contribution in [1.82, 2.24) is 14.9 Å². The fourth-order valence-electron chi connectivity index (χ4n) is 2.80. The van der Waals surface area contributed by atoms with Gasteiger partial charge >= 0.3 is 0 Å². The van der Waals surface area contributed by atoms with E-state index in [0.717, 1.165) is 11.8 Å². The Morgan fingerprint density at radius 1 is 1.08 bits per heavy atom. The minimum atomic E-state index is -3.35. The summed E-state index contributed by atoms with van der Waals surface area (Å²) in [6, 6.07) is 6.45. The predicted octanol–water partition coefficient (Wildman–Crippen LogP) is 1.15. The summed E-state index contributed by atoms with van der Waals surface area (Å²) in [4.78, 5) is 25.2. The van der Waals surface area contributed by atoms with E-state index in [2.05, 4.69) is 9.97 Å². The monoisotopic (exact) mass is 360 g/mol. The van der Waals surface area contributed by atoms with Gasteiger partial charge < -0.3 is 9.80 Å². The Labute approximate surface area is 147 Å². The van der Waals surface area contributed by atoms with Crippen LogP contribution in [0, 0.1) is 6.92 Å². The van der Waals surface area contributed by atoms with E-state index >= 15 is 0 Å². The molecule has 1 aliphatic rings. The molecule has 3 rings (SSSR count). The van der Waals surface area contributed by atoms with E-state index in [4.69, 9.17) is 0 Å². The van der Waals surface area contributed by atoms with Crippen molar-refractivity contribution in [2.75, 3.05) is 37.3 Å². The van der Waals surface area contributed by atoms with Crippen molar-refractivity contribution in [3.05, 3.63) is 47.8 Å². The summed E-state index contributed by atoms with van der Waals surface area (Å²) in [6.07, 6.45) is 4.53. The first kappa shape index (κ1) is 17.3.